The molecule has 0 saturated heterocycles. The third kappa shape index (κ3) is 0.997. The first-order valence-corrected chi connectivity index (χ1v) is 2.77. The van der Waals surface area contributed by atoms with Gasteiger partial charge in [-0.2, -0.15) is 0 Å². The Balaban J connectivity index is 2.32. The zero-order valence-corrected chi connectivity index (χ0v) is 4.63. The van der Waals surface area contributed by atoms with E-state index in [1.54, 1.807) is 0 Å². The Morgan fingerprint density at radius 3 is 2.38 bits per heavy atom. The lowest BCUT2D eigenvalue weighted by molar-refractivity contribution is -0.140. The zero-order chi connectivity index (χ0) is 6.15. The third-order valence-corrected chi connectivity index (χ3v) is 1.51. The lowest BCUT2D eigenvalue weighted by Crippen LogP contribution is -2.11. The second kappa shape index (κ2) is 1.77. The number of hydrogen-bond donors (Lipinski definition) is 1. The van der Waals surface area contributed by atoms with E-state index in [1.807, 2.05) is 0 Å². The predicted molar refractivity (Wildman–Crippen MR) is 29.2 cm³/mol. The molecule has 1 aliphatic carbocycles. The van der Waals surface area contributed by atoms with Gasteiger partial charge in [-0.25, -0.2) is 0 Å². The number of carboxylic acid groups (broad SMARTS) is 1. The van der Waals surface area contributed by atoms with Gasteiger partial charge in [-0.3, -0.25) is 4.79 Å². The molecule has 1 radical (unpaired) electrons. The van der Waals surface area contributed by atoms with Crippen LogP contribution in [0.3, 0.4) is 0 Å². The Labute approximate surface area is 48.5 Å². The summed E-state index contributed by atoms with van der Waals surface area (Å²) in [5, 5.41) is 8.33. The summed E-state index contributed by atoms with van der Waals surface area (Å²) in [5.74, 6) is -0.727. The van der Waals surface area contributed by atoms with E-state index in [1.165, 1.54) is 0 Å². The summed E-state index contributed by atoms with van der Waals surface area (Å²) < 4.78 is 0. The van der Waals surface area contributed by atoms with Crippen LogP contribution in [0.4, 0.5) is 0 Å². The molecule has 2 nitrogen and oxygen atoms in total. The van der Waals surface area contributed by atoms with Crippen LogP contribution in [0.1, 0.15) is 12.8 Å². The smallest absolute Gasteiger partial charge is 0.306 e. The van der Waals surface area contributed by atoms with Crippen molar-refractivity contribution in [3.8, 4) is 0 Å². The summed E-state index contributed by atoms with van der Waals surface area (Å²) in [6.45, 7) is 3.50. The van der Waals surface area contributed by atoms with E-state index in [0.29, 0.717) is 5.92 Å². The van der Waals surface area contributed by atoms with Gasteiger partial charge in [-0.1, -0.05) is 0 Å². The van der Waals surface area contributed by atoms with Crippen molar-refractivity contribution in [2.45, 2.75) is 12.8 Å². The molecule has 2 heteroatoms. The molecular weight excluding hydrogens is 104 g/mol. The fourth-order valence-electron chi connectivity index (χ4n) is 0.700. The normalized spacial score (nSPS) is 22.6. The number of carbonyl (C=O) groups is 1. The highest BCUT2D eigenvalue weighted by molar-refractivity contribution is 5.71. The quantitative estimate of drug-likeness (QED) is 0.578. The van der Waals surface area contributed by atoms with E-state index in [-0.39, 0.29) is 5.92 Å². The molecule has 1 atom stereocenters. The Morgan fingerprint density at radius 1 is 1.75 bits per heavy atom. The molecule has 1 saturated carbocycles. The van der Waals surface area contributed by atoms with Crippen LogP contribution in [0.15, 0.2) is 0 Å². The summed E-state index contributed by atoms with van der Waals surface area (Å²) in [6.07, 6.45) is 2.11. The van der Waals surface area contributed by atoms with E-state index >= 15 is 0 Å². The highest BCUT2D eigenvalue weighted by Gasteiger charge is 2.32. The Morgan fingerprint density at radius 2 is 2.25 bits per heavy atom. The topological polar surface area (TPSA) is 37.3 Å². The lowest BCUT2D eigenvalue weighted by Gasteiger charge is -1.98. The summed E-state index contributed by atoms with van der Waals surface area (Å²) >= 11 is 0. The van der Waals surface area contributed by atoms with Gasteiger partial charge in [0.25, 0.3) is 0 Å². The van der Waals surface area contributed by atoms with Crippen molar-refractivity contribution in [1.82, 2.24) is 0 Å². The van der Waals surface area contributed by atoms with Gasteiger partial charge in [-0.15, -0.1) is 0 Å². The van der Waals surface area contributed by atoms with E-state index < -0.39 is 5.97 Å². The molecule has 1 N–H and O–H groups in total. The van der Waals surface area contributed by atoms with Crippen LogP contribution in [-0.2, 0) is 4.79 Å². The fourth-order valence-corrected chi connectivity index (χ4v) is 0.700. The largest absolute Gasteiger partial charge is 0.481 e. The first-order chi connectivity index (χ1) is 3.72. The van der Waals surface area contributed by atoms with Gasteiger partial charge in [0.15, 0.2) is 0 Å². The number of hydrogen-bond acceptors (Lipinski definition) is 1. The van der Waals surface area contributed by atoms with E-state index in [0.717, 1.165) is 12.8 Å². The Hall–Kier alpha value is -0.530. The highest BCUT2D eigenvalue weighted by atomic mass is 16.4. The second-order valence-corrected chi connectivity index (χ2v) is 2.28. The van der Waals surface area contributed by atoms with Gasteiger partial charge >= 0.3 is 5.97 Å². The van der Waals surface area contributed by atoms with Crippen LogP contribution in [0, 0.1) is 18.8 Å². The molecule has 0 aromatic rings. The molecule has 8 heavy (non-hydrogen) atoms. The Bertz CT molecular complexity index is 105. The molecule has 1 rings (SSSR count). The van der Waals surface area contributed by atoms with Gasteiger partial charge < -0.3 is 5.11 Å². The van der Waals surface area contributed by atoms with Crippen molar-refractivity contribution in [3.05, 3.63) is 6.92 Å². The molecule has 1 fully saturated rings. The predicted octanol–water partition coefficient (Wildman–Crippen LogP) is 0.931. The molecular formula is C6H9O2. The second-order valence-electron chi connectivity index (χ2n) is 2.28. The average Bonchev–Trinajstić information content (AvgIpc) is 2.43. The zero-order valence-electron chi connectivity index (χ0n) is 4.63. The van der Waals surface area contributed by atoms with Crippen LogP contribution in [0.5, 0.6) is 0 Å². The van der Waals surface area contributed by atoms with Crippen molar-refractivity contribution < 1.29 is 9.90 Å². The van der Waals surface area contributed by atoms with Gasteiger partial charge in [0, 0.05) is 0 Å². The fraction of sp³-hybridized carbons (Fsp3) is 0.667. The molecule has 0 aliphatic heterocycles. The van der Waals surface area contributed by atoms with Crippen molar-refractivity contribution in [3.63, 3.8) is 0 Å². The molecule has 1 unspecified atom stereocenters. The molecule has 0 aromatic carbocycles. The standard InChI is InChI=1S/C6H9O2/c1-4(6(7)8)5-2-3-5/h4-5H,1-3H2,(H,7,8). The van der Waals surface area contributed by atoms with E-state index in [2.05, 4.69) is 6.92 Å². The Kier molecular flexibility index (Phi) is 1.24. The van der Waals surface area contributed by atoms with Gasteiger partial charge in [0.2, 0.25) is 0 Å². The molecule has 0 heterocycles. The van der Waals surface area contributed by atoms with Crippen molar-refractivity contribution in [2.24, 2.45) is 11.8 Å². The van der Waals surface area contributed by atoms with Gasteiger partial charge in [0.1, 0.15) is 0 Å². The van der Waals surface area contributed by atoms with Crippen LogP contribution >= 0.6 is 0 Å². The van der Waals surface area contributed by atoms with Gasteiger partial charge in [0.05, 0.1) is 5.92 Å². The summed E-state index contributed by atoms with van der Waals surface area (Å²) in [5.41, 5.74) is 0. The van der Waals surface area contributed by atoms with E-state index in [9.17, 15) is 4.79 Å². The van der Waals surface area contributed by atoms with Crippen molar-refractivity contribution in [1.29, 1.82) is 0 Å². The first kappa shape index (κ1) is 5.60. The monoisotopic (exact) mass is 113 g/mol. The first-order valence-electron chi connectivity index (χ1n) is 2.77. The number of carboxylic acids is 1. The lowest BCUT2D eigenvalue weighted by atomic mass is 10.1. The maximum atomic E-state index is 10.1. The van der Waals surface area contributed by atoms with Crippen molar-refractivity contribution in [2.75, 3.05) is 0 Å². The molecule has 0 aromatic heterocycles. The highest BCUT2D eigenvalue weighted by Crippen LogP contribution is 2.36. The number of aliphatic carboxylic acids is 1. The molecule has 0 amide bonds. The summed E-state index contributed by atoms with van der Waals surface area (Å²) in [4.78, 5) is 10.1. The third-order valence-electron chi connectivity index (χ3n) is 1.51. The molecule has 0 bridgehead atoms. The van der Waals surface area contributed by atoms with Crippen LogP contribution < -0.4 is 0 Å². The molecule has 45 valence electrons. The summed E-state index contributed by atoms with van der Waals surface area (Å²) in [6, 6.07) is 0. The van der Waals surface area contributed by atoms with Crippen LogP contribution in [0.25, 0.3) is 0 Å². The van der Waals surface area contributed by atoms with Crippen LogP contribution in [-0.4, -0.2) is 11.1 Å². The minimum atomic E-state index is -0.757. The maximum Gasteiger partial charge on any atom is 0.306 e. The minimum Gasteiger partial charge on any atom is -0.481 e. The summed E-state index contributed by atoms with van der Waals surface area (Å²) in [7, 11) is 0. The van der Waals surface area contributed by atoms with Crippen molar-refractivity contribution >= 4 is 5.97 Å². The minimum absolute atomic E-state index is 0.352. The van der Waals surface area contributed by atoms with Gasteiger partial charge in [-0.05, 0) is 25.7 Å². The molecule has 1 aliphatic rings. The average molecular weight is 113 g/mol. The SMILES string of the molecule is [CH2]C(C(=O)O)C1CC1. The van der Waals surface area contributed by atoms with Crippen LogP contribution in [0.2, 0.25) is 0 Å². The van der Waals surface area contributed by atoms with E-state index in [4.69, 9.17) is 5.11 Å². The molecule has 0 spiro atoms. The number of rotatable bonds is 2. The maximum absolute atomic E-state index is 10.1.